The average molecular weight is 475 g/mol. The lowest BCUT2D eigenvalue weighted by Crippen LogP contribution is -2.52. The van der Waals surface area contributed by atoms with Crippen LogP contribution in [-0.2, 0) is 16.1 Å². The number of fused-ring (bicyclic) bond motifs is 3. The summed E-state index contributed by atoms with van der Waals surface area (Å²) in [6.45, 7) is 3.38. The quantitative estimate of drug-likeness (QED) is 0.598. The summed E-state index contributed by atoms with van der Waals surface area (Å²) in [6.07, 6.45) is 2.13. The minimum absolute atomic E-state index is 0. The molecule has 2 bridgehead atoms. The molecule has 3 aliphatic rings. The van der Waals surface area contributed by atoms with E-state index in [1.54, 1.807) is 18.2 Å². The molecule has 0 aromatic heterocycles. The van der Waals surface area contributed by atoms with Gasteiger partial charge in [-0.15, -0.1) is 17.0 Å². The highest BCUT2D eigenvalue weighted by Gasteiger charge is 2.37. The lowest BCUT2D eigenvalue weighted by Gasteiger charge is -2.44. The van der Waals surface area contributed by atoms with Gasteiger partial charge in [-0.2, -0.15) is 0 Å². The molecule has 1 unspecified atom stereocenters. The zero-order valence-corrected chi connectivity index (χ0v) is 18.4. The number of hydrogen-bond acceptors (Lipinski definition) is 5. The van der Waals surface area contributed by atoms with Crippen molar-refractivity contribution in [3.05, 3.63) is 71.3 Å². The Bertz CT molecular complexity index is 869. The molecule has 6 nitrogen and oxygen atoms in total. The van der Waals surface area contributed by atoms with Crippen LogP contribution in [0.1, 0.15) is 40.4 Å². The summed E-state index contributed by atoms with van der Waals surface area (Å²) in [5.41, 5.74) is 1.88. The number of carbonyl (C=O) groups is 2. The number of hydrogen-bond donors (Lipinski definition) is 2. The van der Waals surface area contributed by atoms with Gasteiger partial charge >= 0.3 is 11.9 Å². The monoisotopic (exact) mass is 474 g/mol. The van der Waals surface area contributed by atoms with Crippen molar-refractivity contribution in [1.29, 1.82) is 0 Å². The number of piperidine rings is 3. The molecule has 0 saturated carbocycles. The molecule has 2 aromatic rings. The molecule has 2 atom stereocenters. The smallest absolute Gasteiger partial charge is 0.335 e. The van der Waals surface area contributed by atoms with Crippen molar-refractivity contribution >= 4 is 28.9 Å². The maximum atomic E-state index is 13.1. The van der Waals surface area contributed by atoms with E-state index >= 15 is 0 Å². The van der Waals surface area contributed by atoms with Crippen molar-refractivity contribution in [1.82, 2.24) is 10.2 Å². The molecule has 3 aliphatic heterocycles. The summed E-state index contributed by atoms with van der Waals surface area (Å²) in [5.74, 6) is -0.787. The summed E-state index contributed by atoms with van der Waals surface area (Å²) < 4.78 is 5.95. The third-order valence-electron chi connectivity index (χ3n) is 5.92. The van der Waals surface area contributed by atoms with Crippen LogP contribution in [0.2, 0.25) is 0 Å². The third kappa shape index (κ3) is 5.28. The van der Waals surface area contributed by atoms with Gasteiger partial charge in [-0.25, -0.2) is 9.59 Å². The molecule has 2 aromatic carbocycles. The first-order chi connectivity index (χ1) is 14.1. The van der Waals surface area contributed by atoms with Gasteiger partial charge in [-0.3, -0.25) is 10.2 Å². The Morgan fingerprint density at radius 2 is 1.83 bits per heavy atom. The lowest BCUT2D eigenvalue weighted by molar-refractivity contribution is -0.161. The normalized spacial score (nSPS) is 23.3. The van der Waals surface area contributed by atoms with Gasteiger partial charge < -0.3 is 9.84 Å². The van der Waals surface area contributed by atoms with E-state index in [0.29, 0.717) is 12.5 Å². The molecule has 0 spiro atoms. The van der Waals surface area contributed by atoms with Crippen LogP contribution in [0.4, 0.5) is 0 Å². The van der Waals surface area contributed by atoms with Gasteiger partial charge in [0.25, 0.3) is 0 Å². The first-order valence-corrected chi connectivity index (χ1v) is 10.1. The Balaban J connectivity index is 0.00000256. The van der Waals surface area contributed by atoms with Crippen molar-refractivity contribution in [2.24, 2.45) is 5.92 Å². The summed E-state index contributed by atoms with van der Waals surface area (Å²) in [5, 5.41) is 12.5. The first kappa shape index (κ1) is 22.5. The number of nitrogens with one attached hydrogen (secondary N) is 1. The fourth-order valence-electron chi connectivity index (χ4n) is 4.28. The van der Waals surface area contributed by atoms with Gasteiger partial charge in [0, 0.05) is 13.1 Å². The van der Waals surface area contributed by atoms with Gasteiger partial charge in [0.05, 0.1) is 5.56 Å². The zero-order valence-electron chi connectivity index (χ0n) is 16.7. The molecule has 5 rings (SSSR count). The van der Waals surface area contributed by atoms with E-state index in [0.717, 1.165) is 43.6 Å². The molecule has 2 N–H and O–H groups in total. The topological polar surface area (TPSA) is 78.9 Å². The van der Waals surface area contributed by atoms with Gasteiger partial charge in [0.15, 0.2) is 0 Å². The number of halogens is 1. The van der Waals surface area contributed by atoms with E-state index in [4.69, 9.17) is 4.74 Å². The number of carboxylic acid groups (broad SMARTS) is 1. The van der Waals surface area contributed by atoms with Crippen LogP contribution in [0.3, 0.4) is 0 Å². The van der Waals surface area contributed by atoms with E-state index in [9.17, 15) is 14.7 Å². The molecule has 7 heteroatoms. The molecule has 30 heavy (non-hydrogen) atoms. The number of carboxylic acids is 1. The Labute approximate surface area is 187 Å². The van der Waals surface area contributed by atoms with Crippen molar-refractivity contribution in [2.75, 3.05) is 19.6 Å². The Kier molecular flexibility index (Phi) is 7.64. The third-order valence-corrected chi connectivity index (χ3v) is 5.92. The summed E-state index contributed by atoms with van der Waals surface area (Å²) >= 11 is 0. The van der Waals surface area contributed by atoms with Crippen LogP contribution in [0.5, 0.6) is 0 Å². The summed E-state index contributed by atoms with van der Waals surface area (Å²) in [7, 11) is 0. The highest BCUT2D eigenvalue weighted by molar-refractivity contribution is 8.93. The Morgan fingerprint density at radius 1 is 1.10 bits per heavy atom. The van der Waals surface area contributed by atoms with E-state index in [1.807, 2.05) is 36.4 Å². The molecular weight excluding hydrogens is 448 g/mol. The maximum absolute atomic E-state index is 13.1. The highest BCUT2D eigenvalue weighted by Crippen LogP contribution is 2.30. The minimum Gasteiger partial charge on any atom is -0.478 e. The van der Waals surface area contributed by atoms with Crippen LogP contribution in [0.25, 0.3) is 0 Å². The van der Waals surface area contributed by atoms with Gasteiger partial charge in [0.2, 0.25) is 0 Å². The predicted molar refractivity (Wildman–Crippen MR) is 119 cm³/mol. The fourth-order valence-corrected chi connectivity index (χ4v) is 4.28. The molecule has 160 valence electrons. The molecule has 3 heterocycles. The van der Waals surface area contributed by atoms with Gasteiger partial charge in [-0.1, -0.05) is 42.5 Å². The van der Waals surface area contributed by atoms with Crippen LogP contribution >= 0.6 is 17.0 Å². The maximum Gasteiger partial charge on any atom is 0.335 e. The molecule has 0 amide bonds. The molecular formula is C23H27BrN2O4. The second kappa shape index (κ2) is 10.2. The fraction of sp³-hybridized carbons (Fsp3) is 0.391. The molecule has 0 radical (unpaired) electrons. The number of carbonyl (C=O) groups excluding carboxylic acids is 1. The molecule has 3 saturated heterocycles. The number of benzene rings is 2. The van der Waals surface area contributed by atoms with Crippen LogP contribution in [-0.4, -0.2) is 47.7 Å². The molecule has 0 aliphatic carbocycles. The average Bonchev–Trinajstić information content (AvgIpc) is 2.76. The minimum atomic E-state index is -0.965. The van der Waals surface area contributed by atoms with Crippen LogP contribution in [0, 0.1) is 5.92 Å². The van der Waals surface area contributed by atoms with Crippen molar-refractivity contribution in [3.8, 4) is 0 Å². The predicted octanol–water partition coefficient (Wildman–Crippen LogP) is 3.43. The number of rotatable bonds is 7. The SMILES string of the molecule is Br.O=C(O)c1cccc(CNC(C(=O)O[C@H]2CN3CCC2CC3)c2ccccc2)c1. The number of nitrogens with zero attached hydrogens (tertiary/aromatic N) is 1. The Morgan fingerprint density at radius 3 is 2.47 bits per heavy atom. The Hall–Kier alpha value is -2.22. The van der Waals surface area contributed by atoms with Gasteiger partial charge in [0.1, 0.15) is 12.1 Å². The van der Waals surface area contributed by atoms with E-state index in [2.05, 4.69) is 10.2 Å². The number of ether oxygens (including phenoxy) is 1. The summed E-state index contributed by atoms with van der Waals surface area (Å²) in [4.78, 5) is 26.7. The standard InChI is InChI=1S/C23H26N2O4.BrH/c26-22(27)19-8-4-5-16(13-19)14-24-21(18-6-2-1-3-7-18)23(28)29-20-15-25-11-9-17(20)10-12-25;/h1-8,13,17,20-21,24H,9-12,14-15H2,(H,26,27);1H/t20-,21?;/m0./s1. The van der Waals surface area contributed by atoms with Crippen molar-refractivity contribution in [3.63, 3.8) is 0 Å². The van der Waals surface area contributed by atoms with Gasteiger partial charge in [-0.05, 0) is 55.1 Å². The highest BCUT2D eigenvalue weighted by atomic mass is 79.9. The van der Waals surface area contributed by atoms with Crippen molar-refractivity contribution < 1.29 is 19.4 Å². The number of aromatic carboxylic acids is 1. The summed E-state index contributed by atoms with van der Waals surface area (Å²) in [6, 6.07) is 15.7. The number of esters is 1. The first-order valence-electron chi connectivity index (χ1n) is 10.1. The van der Waals surface area contributed by atoms with Crippen LogP contribution < -0.4 is 5.32 Å². The zero-order chi connectivity index (χ0) is 20.2. The largest absolute Gasteiger partial charge is 0.478 e. The van der Waals surface area contributed by atoms with E-state index in [1.165, 1.54) is 0 Å². The lowest BCUT2D eigenvalue weighted by atomic mass is 9.86. The van der Waals surface area contributed by atoms with Crippen LogP contribution in [0.15, 0.2) is 54.6 Å². The second-order valence-corrected chi connectivity index (χ2v) is 7.84. The molecule has 3 fully saturated rings. The van der Waals surface area contributed by atoms with E-state index in [-0.39, 0.29) is 34.6 Å². The second-order valence-electron chi connectivity index (χ2n) is 7.84. The van der Waals surface area contributed by atoms with Crippen molar-refractivity contribution in [2.45, 2.75) is 31.5 Å². The van der Waals surface area contributed by atoms with E-state index < -0.39 is 12.0 Å².